The van der Waals surface area contributed by atoms with E-state index in [4.69, 9.17) is 21.1 Å². The maximum Gasteiger partial charge on any atom is 0.0626 e. The first-order valence-electron chi connectivity index (χ1n) is 6.15. The summed E-state index contributed by atoms with van der Waals surface area (Å²) < 4.78 is 10.4. The molecular weight excluding hydrogens is 226 g/mol. The van der Waals surface area contributed by atoms with E-state index in [1.54, 1.807) is 14.2 Å². The number of hydrogen-bond donors (Lipinski definition) is 1. The van der Waals surface area contributed by atoms with Gasteiger partial charge in [0, 0.05) is 20.3 Å². The highest BCUT2D eigenvalue weighted by Crippen LogP contribution is 2.20. The van der Waals surface area contributed by atoms with Gasteiger partial charge in [0.2, 0.25) is 0 Å². The van der Waals surface area contributed by atoms with Crippen LogP contribution < -0.4 is 5.32 Å². The van der Waals surface area contributed by atoms with E-state index in [2.05, 4.69) is 5.32 Å². The van der Waals surface area contributed by atoms with Gasteiger partial charge in [-0.2, -0.15) is 0 Å². The van der Waals surface area contributed by atoms with Crippen molar-refractivity contribution in [3.63, 3.8) is 0 Å². The highest BCUT2D eigenvalue weighted by atomic mass is 35.5. The number of halogens is 1. The van der Waals surface area contributed by atoms with Crippen LogP contribution in [-0.4, -0.2) is 44.9 Å². The predicted molar refractivity (Wildman–Crippen MR) is 67.2 cm³/mol. The second-order valence-electron chi connectivity index (χ2n) is 4.52. The molecule has 0 bridgehead atoms. The van der Waals surface area contributed by atoms with E-state index in [9.17, 15) is 0 Å². The molecule has 3 nitrogen and oxygen atoms in total. The summed E-state index contributed by atoms with van der Waals surface area (Å²) >= 11 is 6.06. The van der Waals surface area contributed by atoms with Gasteiger partial charge in [-0.25, -0.2) is 0 Å². The van der Waals surface area contributed by atoms with Gasteiger partial charge in [-0.05, 0) is 38.6 Å². The minimum atomic E-state index is 0.124. The molecule has 1 fully saturated rings. The molecule has 1 N–H and O–H groups in total. The number of ether oxygens (including phenoxy) is 2. The van der Waals surface area contributed by atoms with Crippen LogP contribution in [0.25, 0.3) is 0 Å². The quantitative estimate of drug-likeness (QED) is 0.702. The Labute approximate surface area is 104 Å². The Balaban J connectivity index is 2.08. The topological polar surface area (TPSA) is 30.5 Å². The molecule has 0 heterocycles. The summed E-state index contributed by atoms with van der Waals surface area (Å²) in [6, 6.07) is 0.602. The zero-order valence-electron chi connectivity index (χ0n) is 10.4. The van der Waals surface area contributed by atoms with Crippen LogP contribution in [-0.2, 0) is 9.47 Å². The van der Waals surface area contributed by atoms with Crippen molar-refractivity contribution in [2.24, 2.45) is 0 Å². The zero-order valence-corrected chi connectivity index (χ0v) is 11.1. The van der Waals surface area contributed by atoms with Crippen molar-refractivity contribution in [1.29, 1.82) is 0 Å². The van der Waals surface area contributed by atoms with Gasteiger partial charge in [0.1, 0.15) is 0 Å². The molecule has 0 aromatic carbocycles. The summed E-state index contributed by atoms with van der Waals surface area (Å²) in [4.78, 5) is 0. The molecule has 1 rings (SSSR count). The molecule has 0 saturated heterocycles. The molecule has 3 unspecified atom stereocenters. The Bertz CT molecular complexity index is 180. The molecule has 3 atom stereocenters. The lowest BCUT2D eigenvalue weighted by Gasteiger charge is -2.29. The molecule has 0 radical (unpaired) electrons. The van der Waals surface area contributed by atoms with Crippen LogP contribution in [0.15, 0.2) is 0 Å². The molecule has 0 aromatic heterocycles. The molecule has 1 saturated carbocycles. The minimum Gasteiger partial charge on any atom is -0.383 e. The smallest absolute Gasteiger partial charge is 0.0626 e. The first-order valence-corrected chi connectivity index (χ1v) is 6.59. The molecular formula is C12H24ClNO2. The average Bonchev–Trinajstić information content (AvgIpc) is 2.30. The summed E-state index contributed by atoms with van der Waals surface area (Å²) in [5.41, 5.74) is 0. The lowest BCUT2D eigenvalue weighted by atomic mass is 9.93. The van der Waals surface area contributed by atoms with E-state index in [-0.39, 0.29) is 5.38 Å². The molecule has 1 aliphatic rings. The van der Waals surface area contributed by atoms with E-state index in [1.807, 2.05) is 0 Å². The number of alkyl halides is 1. The van der Waals surface area contributed by atoms with Gasteiger partial charge in [0.25, 0.3) is 0 Å². The van der Waals surface area contributed by atoms with Crippen LogP contribution in [0.1, 0.15) is 32.1 Å². The van der Waals surface area contributed by atoms with Gasteiger partial charge in [-0.1, -0.05) is 0 Å². The number of methoxy groups -OCH3 is 2. The Kier molecular flexibility index (Phi) is 7.37. The molecule has 4 heteroatoms. The molecule has 0 aromatic rings. The lowest BCUT2D eigenvalue weighted by Crippen LogP contribution is -2.37. The van der Waals surface area contributed by atoms with Crippen LogP contribution in [0.3, 0.4) is 0 Å². The summed E-state index contributed by atoms with van der Waals surface area (Å²) in [5.74, 6) is 0. The minimum absolute atomic E-state index is 0.124. The van der Waals surface area contributed by atoms with Crippen LogP contribution in [0.4, 0.5) is 0 Å². The normalized spacial score (nSPS) is 27.9. The van der Waals surface area contributed by atoms with Gasteiger partial charge in [-0.15, -0.1) is 11.6 Å². The lowest BCUT2D eigenvalue weighted by molar-refractivity contribution is 0.0588. The van der Waals surface area contributed by atoms with Gasteiger partial charge in [0.15, 0.2) is 0 Å². The summed E-state index contributed by atoms with van der Waals surface area (Å²) in [7, 11) is 3.49. The first kappa shape index (κ1) is 14.2. The summed E-state index contributed by atoms with van der Waals surface area (Å²) in [6.45, 7) is 1.60. The van der Waals surface area contributed by atoms with Crippen LogP contribution >= 0.6 is 11.6 Å². The van der Waals surface area contributed by atoms with Crippen molar-refractivity contribution in [2.75, 3.05) is 27.4 Å². The second kappa shape index (κ2) is 8.29. The largest absolute Gasteiger partial charge is 0.383 e. The number of rotatable bonds is 7. The summed E-state index contributed by atoms with van der Waals surface area (Å²) in [6.07, 6.45) is 6.26. The summed E-state index contributed by atoms with van der Waals surface area (Å²) in [5, 5.41) is 3.68. The fraction of sp³-hybridized carbons (Fsp3) is 1.00. The Morgan fingerprint density at radius 3 is 2.88 bits per heavy atom. The molecule has 1 aliphatic carbocycles. The van der Waals surface area contributed by atoms with E-state index in [0.29, 0.717) is 18.8 Å². The van der Waals surface area contributed by atoms with Crippen molar-refractivity contribution in [3.8, 4) is 0 Å². The number of nitrogens with one attached hydrogen (secondary N) is 1. The van der Waals surface area contributed by atoms with Crippen molar-refractivity contribution >= 4 is 11.6 Å². The highest BCUT2D eigenvalue weighted by molar-refractivity contribution is 6.20. The third-order valence-corrected chi connectivity index (χ3v) is 3.54. The van der Waals surface area contributed by atoms with E-state index in [0.717, 1.165) is 19.4 Å². The molecule has 96 valence electrons. The average molecular weight is 250 g/mol. The second-order valence-corrected chi connectivity index (χ2v) is 5.13. The van der Waals surface area contributed by atoms with E-state index >= 15 is 0 Å². The Morgan fingerprint density at radius 1 is 1.38 bits per heavy atom. The van der Waals surface area contributed by atoms with Crippen LogP contribution in [0.2, 0.25) is 0 Å². The highest BCUT2D eigenvalue weighted by Gasteiger charge is 2.21. The molecule has 0 amide bonds. The van der Waals surface area contributed by atoms with Gasteiger partial charge in [-0.3, -0.25) is 0 Å². The zero-order chi connectivity index (χ0) is 11.8. The maximum atomic E-state index is 6.06. The van der Waals surface area contributed by atoms with Gasteiger partial charge in [0.05, 0.1) is 18.1 Å². The maximum absolute atomic E-state index is 6.06. The Hall–Kier alpha value is 0.170. The molecule has 0 aliphatic heterocycles. The van der Waals surface area contributed by atoms with Gasteiger partial charge < -0.3 is 14.8 Å². The van der Waals surface area contributed by atoms with E-state index in [1.165, 1.54) is 19.3 Å². The van der Waals surface area contributed by atoms with E-state index < -0.39 is 0 Å². The number of hydrogen-bond acceptors (Lipinski definition) is 3. The van der Waals surface area contributed by atoms with Crippen molar-refractivity contribution in [1.82, 2.24) is 5.32 Å². The molecule has 16 heavy (non-hydrogen) atoms. The monoisotopic (exact) mass is 249 g/mol. The SMILES string of the molecule is COCC(Cl)CCNC1CCCC(OC)C1. The van der Waals surface area contributed by atoms with Gasteiger partial charge >= 0.3 is 0 Å². The van der Waals surface area contributed by atoms with Crippen LogP contribution in [0.5, 0.6) is 0 Å². The Morgan fingerprint density at radius 2 is 2.19 bits per heavy atom. The predicted octanol–water partition coefficient (Wildman–Crippen LogP) is 2.18. The third kappa shape index (κ3) is 5.48. The molecule has 0 spiro atoms. The first-order chi connectivity index (χ1) is 7.76. The third-order valence-electron chi connectivity index (χ3n) is 3.20. The standard InChI is InChI=1S/C12H24ClNO2/c1-15-9-10(13)6-7-14-11-4-3-5-12(8-11)16-2/h10-12,14H,3-9H2,1-2H3. The fourth-order valence-electron chi connectivity index (χ4n) is 2.25. The van der Waals surface area contributed by atoms with Crippen molar-refractivity contribution in [2.45, 2.75) is 49.6 Å². The fourth-order valence-corrected chi connectivity index (χ4v) is 2.49. The van der Waals surface area contributed by atoms with Crippen molar-refractivity contribution in [3.05, 3.63) is 0 Å². The van der Waals surface area contributed by atoms with Crippen LogP contribution in [0, 0.1) is 0 Å². The van der Waals surface area contributed by atoms with Crippen molar-refractivity contribution < 1.29 is 9.47 Å².